The second kappa shape index (κ2) is 1.40. The van der Waals surface area contributed by atoms with Crippen LogP contribution in [0.15, 0.2) is 0 Å². The lowest BCUT2D eigenvalue weighted by atomic mass is 9.60. The van der Waals surface area contributed by atoms with Gasteiger partial charge >= 0.3 is 0 Å². The van der Waals surface area contributed by atoms with Crippen molar-refractivity contribution in [3.8, 4) is 0 Å². The van der Waals surface area contributed by atoms with Crippen molar-refractivity contribution in [2.24, 2.45) is 47.3 Å². The van der Waals surface area contributed by atoms with Crippen molar-refractivity contribution in [3.63, 3.8) is 0 Å². The fraction of sp³-hybridized carbons (Fsp3) is 1.00. The van der Waals surface area contributed by atoms with Gasteiger partial charge in [-0.25, -0.2) is 0 Å². The van der Waals surface area contributed by atoms with Crippen LogP contribution in [0.1, 0.15) is 25.7 Å². The Kier molecular flexibility index (Phi) is 0.663. The molecule has 0 spiro atoms. The van der Waals surface area contributed by atoms with Crippen molar-refractivity contribution < 1.29 is 0 Å². The van der Waals surface area contributed by atoms with Gasteiger partial charge in [-0.15, -0.1) is 0 Å². The molecular weight excluding hydrogens is 144 g/mol. The summed E-state index contributed by atoms with van der Waals surface area (Å²) in [5, 5.41) is 0. The first-order valence-corrected chi connectivity index (χ1v) is 5.93. The first-order valence-electron chi connectivity index (χ1n) is 5.93. The van der Waals surface area contributed by atoms with Gasteiger partial charge in [0.1, 0.15) is 0 Å². The molecule has 12 heavy (non-hydrogen) atoms. The lowest BCUT2D eigenvalue weighted by molar-refractivity contribution is 0.0358. The molecule has 64 valence electrons. The van der Waals surface area contributed by atoms with Crippen molar-refractivity contribution in [1.29, 1.82) is 0 Å². The van der Waals surface area contributed by atoms with Gasteiger partial charge < -0.3 is 0 Å². The van der Waals surface area contributed by atoms with Gasteiger partial charge in [-0.1, -0.05) is 0 Å². The Hall–Kier alpha value is 0. The third-order valence-electron chi connectivity index (χ3n) is 6.42. The van der Waals surface area contributed by atoms with Crippen LogP contribution < -0.4 is 0 Å². The quantitative estimate of drug-likeness (QED) is 0.511. The molecule has 6 unspecified atom stereocenters. The highest BCUT2D eigenvalue weighted by atomic mass is 14.8. The van der Waals surface area contributed by atoms with E-state index >= 15 is 0 Å². The molecule has 0 radical (unpaired) electrons. The van der Waals surface area contributed by atoms with Crippen LogP contribution in [-0.4, -0.2) is 0 Å². The van der Waals surface area contributed by atoms with E-state index in [-0.39, 0.29) is 0 Å². The average molecular weight is 160 g/mol. The second-order valence-corrected chi connectivity index (χ2v) is 6.28. The smallest absolute Gasteiger partial charge is 0.0318 e. The normalized spacial score (nSPS) is 80.0. The molecule has 0 bridgehead atoms. The van der Waals surface area contributed by atoms with Crippen molar-refractivity contribution in [2.75, 3.05) is 0 Å². The van der Waals surface area contributed by atoms with Gasteiger partial charge in [0.15, 0.2) is 0 Å². The molecule has 5 aliphatic carbocycles. The van der Waals surface area contributed by atoms with E-state index in [0.717, 1.165) is 0 Å². The van der Waals surface area contributed by atoms with Gasteiger partial charge in [0, 0.05) is 0 Å². The van der Waals surface area contributed by atoms with Crippen LogP contribution in [-0.2, 0) is 0 Å². The van der Waals surface area contributed by atoms with Gasteiger partial charge in [0.05, 0.1) is 0 Å². The van der Waals surface area contributed by atoms with Crippen molar-refractivity contribution in [3.05, 3.63) is 0 Å². The monoisotopic (exact) mass is 160 g/mol. The Morgan fingerprint density at radius 1 is 0.500 bits per heavy atom. The zero-order chi connectivity index (χ0) is 7.45. The fourth-order valence-corrected chi connectivity index (χ4v) is 6.34. The summed E-state index contributed by atoms with van der Waals surface area (Å²) < 4.78 is 0. The van der Waals surface area contributed by atoms with E-state index in [4.69, 9.17) is 0 Å². The molecule has 0 amide bonds. The lowest BCUT2D eigenvalue weighted by Crippen LogP contribution is -2.38. The van der Waals surface area contributed by atoms with Crippen LogP contribution in [0, 0.1) is 47.3 Å². The number of rotatable bonds is 0. The molecule has 0 aromatic rings. The molecule has 5 fully saturated rings. The Labute approximate surface area is 73.7 Å². The van der Waals surface area contributed by atoms with Crippen LogP contribution in [0.25, 0.3) is 0 Å². The highest BCUT2D eigenvalue weighted by molar-refractivity contribution is 5.20. The third kappa shape index (κ3) is 0.352. The Morgan fingerprint density at radius 2 is 1.00 bits per heavy atom. The van der Waals surface area contributed by atoms with Gasteiger partial charge in [-0.05, 0) is 73.0 Å². The lowest BCUT2D eigenvalue weighted by Gasteiger charge is -2.45. The highest BCUT2D eigenvalue weighted by Gasteiger charge is 2.72. The molecule has 0 heterocycles. The van der Waals surface area contributed by atoms with E-state index in [0.29, 0.717) is 0 Å². The van der Waals surface area contributed by atoms with E-state index < -0.39 is 0 Å². The van der Waals surface area contributed by atoms with E-state index in [1.54, 1.807) is 25.7 Å². The molecular formula is C12H16. The van der Waals surface area contributed by atoms with Crippen molar-refractivity contribution in [1.82, 2.24) is 0 Å². The summed E-state index contributed by atoms with van der Waals surface area (Å²) in [6.45, 7) is 0. The van der Waals surface area contributed by atoms with Crippen molar-refractivity contribution >= 4 is 0 Å². The minimum Gasteiger partial charge on any atom is -0.0470 e. The van der Waals surface area contributed by atoms with Gasteiger partial charge in [0.25, 0.3) is 0 Å². The molecule has 0 heteroatoms. The molecule has 0 aromatic heterocycles. The van der Waals surface area contributed by atoms with Gasteiger partial charge in [-0.2, -0.15) is 0 Å². The highest BCUT2D eigenvalue weighted by Crippen LogP contribution is 2.79. The van der Waals surface area contributed by atoms with Crippen molar-refractivity contribution in [2.45, 2.75) is 25.7 Å². The Morgan fingerprint density at radius 3 is 1.58 bits per heavy atom. The first kappa shape index (κ1) is 5.67. The van der Waals surface area contributed by atoms with E-state index in [1.165, 1.54) is 47.3 Å². The van der Waals surface area contributed by atoms with E-state index in [9.17, 15) is 0 Å². The molecule has 5 aliphatic rings. The van der Waals surface area contributed by atoms with Crippen LogP contribution in [0.2, 0.25) is 0 Å². The van der Waals surface area contributed by atoms with Crippen LogP contribution in [0.5, 0.6) is 0 Å². The van der Waals surface area contributed by atoms with Gasteiger partial charge in [0.2, 0.25) is 0 Å². The molecule has 0 aliphatic heterocycles. The SMILES string of the molecule is C1C2CC3C4CC5CC1C(C23)C54. The summed E-state index contributed by atoms with van der Waals surface area (Å²) >= 11 is 0. The summed E-state index contributed by atoms with van der Waals surface area (Å²) in [6, 6.07) is 0. The summed E-state index contributed by atoms with van der Waals surface area (Å²) in [5.41, 5.74) is 0. The molecule has 0 aromatic carbocycles. The molecule has 6 atom stereocenters. The third-order valence-corrected chi connectivity index (χ3v) is 6.42. The Bertz CT molecular complexity index is 243. The zero-order valence-corrected chi connectivity index (χ0v) is 7.45. The van der Waals surface area contributed by atoms with Gasteiger partial charge in [-0.3, -0.25) is 0 Å². The van der Waals surface area contributed by atoms with Crippen LogP contribution in [0.3, 0.4) is 0 Å². The largest absolute Gasteiger partial charge is 0.0470 e. The molecule has 0 nitrogen and oxygen atoms in total. The van der Waals surface area contributed by atoms with E-state index in [2.05, 4.69) is 0 Å². The fourth-order valence-electron chi connectivity index (χ4n) is 6.34. The average Bonchev–Trinajstić information content (AvgIpc) is 2.48. The standard InChI is InChI=1S/C12H16/c1-5-2-7-4-9-8-3-6(1)10(8)12(5)11(7)9/h5-12H,1-4H2. The predicted molar refractivity (Wildman–Crippen MR) is 46.4 cm³/mol. The summed E-state index contributed by atoms with van der Waals surface area (Å²) in [7, 11) is 0. The molecule has 5 saturated carbocycles. The second-order valence-electron chi connectivity index (χ2n) is 6.28. The van der Waals surface area contributed by atoms with Crippen LogP contribution in [0.4, 0.5) is 0 Å². The minimum atomic E-state index is 1.23. The number of hydrogen-bond donors (Lipinski definition) is 0. The number of hydrogen-bond acceptors (Lipinski definition) is 0. The molecule has 0 N–H and O–H groups in total. The summed E-state index contributed by atoms with van der Waals surface area (Å²) in [5.74, 6) is 10.0. The molecule has 5 rings (SSSR count). The maximum atomic E-state index is 1.66. The minimum absolute atomic E-state index is 1.23. The predicted octanol–water partition coefficient (Wildman–Crippen LogP) is 2.54. The number of fused-ring (bicyclic) bond motifs is 1. The maximum Gasteiger partial charge on any atom is -0.0318 e. The summed E-state index contributed by atoms with van der Waals surface area (Å²) in [4.78, 5) is 0. The zero-order valence-electron chi connectivity index (χ0n) is 7.45. The van der Waals surface area contributed by atoms with Crippen LogP contribution >= 0.6 is 0 Å². The summed E-state index contributed by atoms with van der Waals surface area (Å²) in [6.07, 6.45) is 6.63. The topological polar surface area (TPSA) is 0 Å². The maximum absolute atomic E-state index is 1.66. The molecule has 0 saturated heterocycles. The first-order chi connectivity index (χ1) is 5.93. The Balaban J connectivity index is 1.75. The van der Waals surface area contributed by atoms with E-state index in [1.807, 2.05) is 0 Å².